The van der Waals surface area contributed by atoms with Crippen molar-refractivity contribution in [1.29, 1.82) is 0 Å². The third kappa shape index (κ3) is 1.97. The second-order valence-corrected chi connectivity index (χ2v) is 5.45. The van der Waals surface area contributed by atoms with Crippen molar-refractivity contribution >= 4 is 22.9 Å². The highest BCUT2D eigenvalue weighted by Gasteiger charge is 2.16. The van der Waals surface area contributed by atoms with Crippen LogP contribution in [0.2, 0.25) is 5.15 Å². The summed E-state index contributed by atoms with van der Waals surface area (Å²) in [5.41, 5.74) is 3.16. The van der Waals surface area contributed by atoms with Crippen LogP contribution >= 0.6 is 22.9 Å². The lowest BCUT2D eigenvalue weighted by molar-refractivity contribution is 0.850. The Balaban J connectivity index is 2.66. The molecule has 0 saturated carbocycles. The number of thiophene rings is 1. The number of nitrogens with zero attached hydrogens (tertiary/aromatic N) is 2. The van der Waals surface area contributed by atoms with E-state index in [2.05, 4.69) is 42.2 Å². The van der Waals surface area contributed by atoms with Gasteiger partial charge in [0.05, 0.1) is 5.69 Å². The highest BCUT2D eigenvalue weighted by atomic mass is 35.5. The number of aromatic nitrogens is 2. The van der Waals surface area contributed by atoms with E-state index in [9.17, 15) is 0 Å². The van der Waals surface area contributed by atoms with E-state index in [1.165, 1.54) is 11.2 Å². The SMILES string of the molecule is Cc1sccc1-c1ncnc(Cl)c1C(C)C. The third-order valence-corrected chi connectivity index (χ3v) is 3.67. The first-order chi connectivity index (χ1) is 7.61. The highest BCUT2D eigenvalue weighted by Crippen LogP contribution is 2.34. The van der Waals surface area contributed by atoms with Gasteiger partial charge in [-0.05, 0) is 24.3 Å². The Labute approximate surface area is 104 Å². The van der Waals surface area contributed by atoms with Crippen molar-refractivity contribution < 1.29 is 0 Å². The monoisotopic (exact) mass is 252 g/mol. The number of aryl methyl sites for hydroxylation is 1. The van der Waals surface area contributed by atoms with Gasteiger partial charge in [-0.2, -0.15) is 0 Å². The van der Waals surface area contributed by atoms with Gasteiger partial charge in [0.25, 0.3) is 0 Å². The molecule has 84 valence electrons. The predicted molar refractivity (Wildman–Crippen MR) is 69.2 cm³/mol. The zero-order chi connectivity index (χ0) is 11.7. The Hall–Kier alpha value is -0.930. The van der Waals surface area contributed by atoms with Gasteiger partial charge in [0, 0.05) is 16.0 Å². The number of halogens is 1. The fourth-order valence-corrected chi connectivity index (χ4v) is 2.78. The molecule has 0 amide bonds. The maximum absolute atomic E-state index is 6.15. The van der Waals surface area contributed by atoms with E-state index in [4.69, 9.17) is 11.6 Å². The molecular weight excluding hydrogens is 240 g/mol. The summed E-state index contributed by atoms with van der Waals surface area (Å²) < 4.78 is 0. The summed E-state index contributed by atoms with van der Waals surface area (Å²) in [6.07, 6.45) is 1.53. The van der Waals surface area contributed by atoms with Gasteiger partial charge in [0.15, 0.2) is 0 Å². The van der Waals surface area contributed by atoms with E-state index in [-0.39, 0.29) is 0 Å². The van der Waals surface area contributed by atoms with E-state index in [0.717, 1.165) is 16.8 Å². The van der Waals surface area contributed by atoms with Crippen LogP contribution in [0.5, 0.6) is 0 Å². The van der Waals surface area contributed by atoms with Gasteiger partial charge < -0.3 is 0 Å². The van der Waals surface area contributed by atoms with E-state index >= 15 is 0 Å². The standard InChI is InChI=1S/C12H13ClN2S/c1-7(2)10-11(14-6-15-12(10)13)9-4-5-16-8(9)3/h4-7H,1-3H3. The van der Waals surface area contributed by atoms with Gasteiger partial charge in [-0.25, -0.2) is 9.97 Å². The lowest BCUT2D eigenvalue weighted by Crippen LogP contribution is -1.98. The average Bonchev–Trinajstić information content (AvgIpc) is 2.63. The van der Waals surface area contributed by atoms with Crippen LogP contribution in [0.1, 0.15) is 30.2 Å². The Kier molecular flexibility index (Phi) is 3.26. The number of hydrogen-bond acceptors (Lipinski definition) is 3. The summed E-state index contributed by atoms with van der Waals surface area (Å²) in [5, 5.41) is 2.63. The molecule has 2 nitrogen and oxygen atoms in total. The smallest absolute Gasteiger partial charge is 0.136 e. The molecule has 2 aromatic heterocycles. The summed E-state index contributed by atoms with van der Waals surface area (Å²) in [4.78, 5) is 9.69. The predicted octanol–water partition coefficient (Wildman–Crippen LogP) is 4.29. The van der Waals surface area contributed by atoms with Crippen molar-refractivity contribution in [2.24, 2.45) is 0 Å². The zero-order valence-corrected chi connectivity index (χ0v) is 11.1. The summed E-state index contributed by atoms with van der Waals surface area (Å²) in [6, 6.07) is 2.09. The molecule has 0 bridgehead atoms. The summed E-state index contributed by atoms with van der Waals surface area (Å²) in [5.74, 6) is 0.322. The molecule has 4 heteroatoms. The van der Waals surface area contributed by atoms with Crippen LogP contribution in [-0.4, -0.2) is 9.97 Å². The summed E-state index contributed by atoms with van der Waals surface area (Å²) in [6.45, 7) is 6.31. The molecule has 0 spiro atoms. The Morgan fingerprint density at radius 1 is 1.31 bits per heavy atom. The van der Waals surface area contributed by atoms with Gasteiger partial charge in [0.2, 0.25) is 0 Å². The van der Waals surface area contributed by atoms with E-state index in [0.29, 0.717) is 11.1 Å². The van der Waals surface area contributed by atoms with Crippen molar-refractivity contribution in [2.45, 2.75) is 26.7 Å². The summed E-state index contributed by atoms with van der Waals surface area (Å²) in [7, 11) is 0. The van der Waals surface area contributed by atoms with Crippen LogP contribution in [0.4, 0.5) is 0 Å². The second-order valence-electron chi connectivity index (χ2n) is 3.97. The fourth-order valence-electron chi connectivity index (χ4n) is 1.73. The molecule has 0 aliphatic rings. The quantitative estimate of drug-likeness (QED) is 0.745. The zero-order valence-electron chi connectivity index (χ0n) is 9.49. The van der Waals surface area contributed by atoms with Crippen LogP contribution in [-0.2, 0) is 0 Å². The molecular formula is C12H13ClN2S. The minimum atomic E-state index is 0.322. The fraction of sp³-hybridized carbons (Fsp3) is 0.333. The normalized spacial score (nSPS) is 11.1. The minimum Gasteiger partial charge on any atom is -0.236 e. The molecule has 0 fully saturated rings. The number of hydrogen-bond donors (Lipinski definition) is 0. The van der Waals surface area contributed by atoms with E-state index in [1.54, 1.807) is 11.3 Å². The van der Waals surface area contributed by atoms with Crippen molar-refractivity contribution in [1.82, 2.24) is 9.97 Å². The van der Waals surface area contributed by atoms with Crippen LogP contribution in [0.15, 0.2) is 17.8 Å². The molecule has 0 aliphatic carbocycles. The first-order valence-electron chi connectivity index (χ1n) is 5.16. The Morgan fingerprint density at radius 2 is 2.06 bits per heavy atom. The minimum absolute atomic E-state index is 0.322. The molecule has 0 N–H and O–H groups in total. The molecule has 0 unspecified atom stereocenters. The molecule has 2 aromatic rings. The van der Waals surface area contributed by atoms with E-state index in [1.807, 2.05) is 0 Å². The van der Waals surface area contributed by atoms with E-state index < -0.39 is 0 Å². The topological polar surface area (TPSA) is 25.8 Å². The lowest BCUT2D eigenvalue weighted by atomic mass is 9.99. The largest absolute Gasteiger partial charge is 0.236 e. The van der Waals surface area contributed by atoms with Crippen LogP contribution in [0.25, 0.3) is 11.3 Å². The molecule has 0 aliphatic heterocycles. The van der Waals surface area contributed by atoms with Crippen LogP contribution in [0.3, 0.4) is 0 Å². The maximum Gasteiger partial charge on any atom is 0.136 e. The van der Waals surface area contributed by atoms with Gasteiger partial charge in [-0.15, -0.1) is 11.3 Å². The first kappa shape index (κ1) is 11.6. The summed E-state index contributed by atoms with van der Waals surface area (Å²) >= 11 is 7.87. The molecule has 0 atom stereocenters. The molecule has 2 rings (SSSR count). The lowest BCUT2D eigenvalue weighted by Gasteiger charge is -2.12. The van der Waals surface area contributed by atoms with Crippen LogP contribution < -0.4 is 0 Å². The van der Waals surface area contributed by atoms with Crippen molar-refractivity contribution in [3.8, 4) is 11.3 Å². The van der Waals surface area contributed by atoms with Gasteiger partial charge >= 0.3 is 0 Å². The maximum atomic E-state index is 6.15. The molecule has 0 radical (unpaired) electrons. The third-order valence-electron chi connectivity index (χ3n) is 2.53. The van der Waals surface area contributed by atoms with Gasteiger partial charge in [-0.1, -0.05) is 25.4 Å². The van der Waals surface area contributed by atoms with Crippen molar-refractivity contribution in [3.05, 3.63) is 33.4 Å². The molecule has 0 aromatic carbocycles. The average molecular weight is 253 g/mol. The Bertz CT molecular complexity index is 505. The van der Waals surface area contributed by atoms with Gasteiger partial charge in [-0.3, -0.25) is 0 Å². The molecule has 16 heavy (non-hydrogen) atoms. The van der Waals surface area contributed by atoms with Gasteiger partial charge in [0.1, 0.15) is 11.5 Å². The highest BCUT2D eigenvalue weighted by molar-refractivity contribution is 7.10. The first-order valence-corrected chi connectivity index (χ1v) is 6.42. The van der Waals surface area contributed by atoms with Crippen molar-refractivity contribution in [3.63, 3.8) is 0 Å². The Morgan fingerprint density at radius 3 is 2.62 bits per heavy atom. The van der Waals surface area contributed by atoms with Crippen molar-refractivity contribution in [2.75, 3.05) is 0 Å². The molecule has 0 saturated heterocycles. The molecule has 2 heterocycles. The second kappa shape index (κ2) is 4.52. The van der Waals surface area contributed by atoms with Crippen LogP contribution in [0, 0.1) is 6.92 Å². The number of rotatable bonds is 2.